The van der Waals surface area contributed by atoms with E-state index in [2.05, 4.69) is 41.5 Å². The fourth-order valence-corrected chi connectivity index (χ4v) is 4.12. The summed E-state index contributed by atoms with van der Waals surface area (Å²) in [5.41, 5.74) is 4.79. The van der Waals surface area contributed by atoms with Crippen LogP contribution in [0.2, 0.25) is 0 Å². The van der Waals surface area contributed by atoms with Gasteiger partial charge in [-0.3, -0.25) is 9.69 Å². The summed E-state index contributed by atoms with van der Waals surface area (Å²) in [6, 6.07) is 13.7. The fraction of sp³-hybridized carbons (Fsp3) is 0.375. The van der Waals surface area contributed by atoms with Crippen LogP contribution in [-0.2, 0) is 11.3 Å². The van der Waals surface area contributed by atoms with Crippen LogP contribution >= 0.6 is 0 Å². The van der Waals surface area contributed by atoms with Crippen LogP contribution in [0.1, 0.15) is 27.2 Å². The zero-order valence-electron chi connectivity index (χ0n) is 17.4. The molecule has 1 fully saturated rings. The molecule has 2 heterocycles. The first-order valence-corrected chi connectivity index (χ1v) is 10.2. The first-order valence-electron chi connectivity index (χ1n) is 10.2. The van der Waals surface area contributed by atoms with Gasteiger partial charge in [-0.15, -0.1) is 0 Å². The van der Waals surface area contributed by atoms with Gasteiger partial charge in [0.2, 0.25) is 0 Å². The highest BCUT2D eigenvalue weighted by Gasteiger charge is 2.22. The van der Waals surface area contributed by atoms with E-state index in [1.54, 1.807) is 7.11 Å². The molecule has 0 atom stereocenters. The number of aromatic nitrogens is 1. The van der Waals surface area contributed by atoms with Crippen molar-refractivity contribution >= 4 is 16.7 Å². The van der Waals surface area contributed by atoms with Crippen LogP contribution in [0.4, 0.5) is 0 Å². The molecule has 152 valence electrons. The van der Waals surface area contributed by atoms with Crippen molar-refractivity contribution in [2.24, 2.45) is 0 Å². The van der Waals surface area contributed by atoms with Gasteiger partial charge >= 0.3 is 0 Å². The van der Waals surface area contributed by atoms with Gasteiger partial charge in [0, 0.05) is 48.3 Å². The van der Waals surface area contributed by atoms with Crippen LogP contribution in [0.15, 0.2) is 42.5 Å². The van der Waals surface area contributed by atoms with Crippen molar-refractivity contribution in [3.05, 3.63) is 64.8 Å². The van der Waals surface area contributed by atoms with Gasteiger partial charge in [0.05, 0.1) is 25.9 Å². The molecular weight excluding hydrogens is 364 g/mol. The van der Waals surface area contributed by atoms with Gasteiger partial charge in [-0.05, 0) is 50.2 Å². The van der Waals surface area contributed by atoms with Crippen molar-refractivity contribution in [3.63, 3.8) is 0 Å². The Morgan fingerprint density at radius 1 is 1.03 bits per heavy atom. The number of hydrogen-bond acceptors (Lipinski definition) is 4. The van der Waals surface area contributed by atoms with E-state index < -0.39 is 0 Å². The second-order valence-electron chi connectivity index (χ2n) is 7.64. The molecule has 5 heteroatoms. The molecule has 0 aliphatic carbocycles. The Hall–Kier alpha value is -2.63. The molecular formula is C24H28N2O3. The van der Waals surface area contributed by atoms with Gasteiger partial charge in [0.15, 0.2) is 5.78 Å². The predicted octanol–water partition coefficient (Wildman–Crippen LogP) is 3.83. The molecule has 0 N–H and O–H groups in total. The number of morpholine rings is 1. The molecule has 0 saturated carbocycles. The van der Waals surface area contributed by atoms with Crippen molar-refractivity contribution in [1.29, 1.82) is 0 Å². The van der Waals surface area contributed by atoms with E-state index in [0.29, 0.717) is 5.56 Å². The zero-order chi connectivity index (χ0) is 20.4. The van der Waals surface area contributed by atoms with Crippen LogP contribution in [0.25, 0.3) is 10.9 Å². The van der Waals surface area contributed by atoms with E-state index in [0.717, 1.165) is 72.9 Å². The van der Waals surface area contributed by atoms with Gasteiger partial charge in [0.25, 0.3) is 0 Å². The SMILES string of the molecule is COc1ccc(C(=O)c2c(C)n(CCN3CCOCC3)c3ccc(C)cc23)cc1. The Bertz CT molecular complexity index is 1010. The summed E-state index contributed by atoms with van der Waals surface area (Å²) >= 11 is 0. The number of ether oxygens (including phenoxy) is 2. The van der Waals surface area contributed by atoms with E-state index >= 15 is 0 Å². The van der Waals surface area contributed by atoms with Crippen LogP contribution in [-0.4, -0.2) is 55.2 Å². The third-order valence-electron chi connectivity index (χ3n) is 5.80. The number of carbonyl (C=O) groups excluding carboxylic acids is 1. The Morgan fingerprint density at radius 3 is 2.45 bits per heavy atom. The molecule has 2 aromatic carbocycles. The van der Waals surface area contributed by atoms with Crippen LogP contribution < -0.4 is 4.74 Å². The quantitative estimate of drug-likeness (QED) is 0.598. The number of rotatable bonds is 6. The first-order chi connectivity index (χ1) is 14.1. The molecule has 0 amide bonds. The average Bonchev–Trinajstić information content (AvgIpc) is 3.02. The van der Waals surface area contributed by atoms with E-state index in [9.17, 15) is 4.79 Å². The number of methoxy groups -OCH3 is 1. The smallest absolute Gasteiger partial charge is 0.195 e. The standard InChI is InChI=1S/C24H28N2O3/c1-17-4-9-22-21(16-17)23(24(27)19-5-7-20(28-3)8-6-19)18(2)26(22)11-10-25-12-14-29-15-13-25/h4-9,16H,10-15H2,1-3H3. The molecule has 1 aromatic heterocycles. The molecule has 1 saturated heterocycles. The van der Waals surface area contributed by atoms with E-state index in [1.807, 2.05) is 24.3 Å². The minimum absolute atomic E-state index is 0.0610. The molecule has 3 aromatic rings. The summed E-state index contributed by atoms with van der Waals surface area (Å²) in [7, 11) is 1.63. The molecule has 0 bridgehead atoms. The molecule has 29 heavy (non-hydrogen) atoms. The maximum Gasteiger partial charge on any atom is 0.195 e. The summed E-state index contributed by atoms with van der Waals surface area (Å²) in [6.07, 6.45) is 0. The first kappa shape index (κ1) is 19.7. The summed E-state index contributed by atoms with van der Waals surface area (Å²) in [4.78, 5) is 15.9. The largest absolute Gasteiger partial charge is 0.497 e. The van der Waals surface area contributed by atoms with Gasteiger partial charge in [-0.1, -0.05) is 11.6 Å². The normalized spacial score (nSPS) is 15.0. The van der Waals surface area contributed by atoms with Crippen molar-refractivity contribution in [3.8, 4) is 5.75 Å². The van der Waals surface area contributed by atoms with Gasteiger partial charge in [-0.2, -0.15) is 0 Å². The van der Waals surface area contributed by atoms with Crippen LogP contribution in [0.5, 0.6) is 5.75 Å². The number of carbonyl (C=O) groups is 1. The third kappa shape index (κ3) is 3.93. The minimum Gasteiger partial charge on any atom is -0.497 e. The molecule has 1 aliphatic heterocycles. The highest BCUT2D eigenvalue weighted by Crippen LogP contribution is 2.29. The zero-order valence-corrected chi connectivity index (χ0v) is 17.4. The van der Waals surface area contributed by atoms with Crippen molar-refractivity contribution in [1.82, 2.24) is 9.47 Å². The monoisotopic (exact) mass is 392 g/mol. The Labute approximate surface area is 171 Å². The lowest BCUT2D eigenvalue weighted by molar-refractivity contribution is 0.0365. The second-order valence-corrected chi connectivity index (χ2v) is 7.64. The molecule has 5 nitrogen and oxygen atoms in total. The number of fused-ring (bicyclic) bond motifs is 1. The van der Waals surface area contributed by atoms with E-state index in [-0.39, 0.29) is 5.78 Å². The van der Waals surface area contributed by atoms with Gasteiger partial charge in [-0.25, -0.2) is 0 Å². The predicted molar refractivity (Wildman–Crippen MR) is 115 cm³/mol. The molecule has 1 aliphatic rings. The lowest BCUT2D eigenvalue weighted by Gasteiger charge is -2.27. The minimum atomic E-state index is 0.0610. The summed E-state index contributed by atoms with van der Waals surface area (Å²) < 4.78 is 13.0. The Kier molecular flexibility index (Phi) is 5.69. The third-order valence-corrected chi connectivity index (χ3v) is 5.80. The molecule has 0 radical (unpaired) electrons. The average molecular weight is 392 g/mol. The van der Waals surface area contributed by atoms with E-state index in [4.69, 9.17) is 9.47 Å². The number of nitrogens with zero attached hydrogens (tertiary/aromatic N) is 2. The molecule has 4 rings (SSSR count). The Balaban J connectivity index is 1.71. The van der Waals surface area contributed by atoms with Gasteiger partial charge < -0.3 is 14.0 Å². The van der Waals surface area contributed by atoms with Gasteiger partial charge in [0.1, 0.15) is 5.75 Å². The van der Waals surface area contributed by atoms with Crippen molar-refractivity contribution < 1.29 is 14.3 Å². The van der Waals surface area contributed by atoms with Crippen molar-refractivity contribution in [2.45, 2.75) is 20.4 Å². The lowest BCUT2D eigenvalue weighted by Crippen LogP contribution is -2.38. The highest BCUT2D eigenvalue weighted by atomic mass is 16.5. The summed E-state index contributed by atoms with van der Waals surface area (Å²) in [6.45, 7) is 9.48. The maximum atomic E-state index is 13.4. The summed E-state index contributed by atoms with van der Waals surface area (Å²) in [5, 5.41) is 1.03. The topological polar surface area (TPSA) is 43.7 Å². The maximum absolute atomic E-state index is 13.4. The summed E-state index contributed by atoms with van der Waals surface area (Å²) in [5.74, 6) is 0.813. The number of aryl methyl sites for hydroxylation is 1. The fourth-order valence-electron chi connectivity index (χ4n) is 4.12. The molecule has 0 unspecified atom stereocenters. The van der Waals surface area contributed by atoms with Crippen molar-refractivity contribution in [2.75, 3.05) is 40.0 Å². The lowest BCUT2D eigenvalue weighted by atomic mass is 9.99. The molecule has 0 spiro atoms. The van der Waals surface area contributed by atoms with E-state index in [1.165, 1.54) is 0 Å². The number of ketones is 1. The van der Waals surface area contributed by atoms with Crippen LogP contribution in [0.3, 0.4) is 0 Å². The Morgan fingerprint density at radius 2 is 1.76 bits per heavy atom. The highest BCUT2D eigenvalue weighted by molar-refractivity contribution is 6.17. The second kappa shape index (κ2) is 8.39. The number of benzene rings is 2. The number of hydrogen-bond donors (Lipinski definition) is 0. The van der Waals surface area contributed by atoms with Crippen LogP contribution in [0, 0.1) is 13.8 Å².